The minimum absolute atomic E-state index is 0.0731. The number of carbonyl (C=O) groups excluding carboxylic acids is 1. The quantitative estimate of drug-likeness (QED) is 0.215. The topological polar surface area (TPSA) is 130 Å². The Morgan fingerprint density at radius 2 is 1.59 bits per heavy atom. The molecule has 0 radical (unpaired) electrons. The van der Waals surface area contributed by atoms with Gasteiger partial charge >= 0.3 is 12.1 Å². The second-order valence-corrected chi connectivity index (χ2v) is 10.6. The van der Waals surface area contributed by atoms with Crippen molar-refractivity contribution in [1.82, 2.24) is 20.3 Å². The summed E-state index contributed by atoms with van der Waals surface area (Å²) in [6.07, 6.45) is 0.0327. The molecule has 2 aromatic heterocycles. The lowest BCUT2D eigenvalue weighted by molar-refractivity contribution is -0.192. The maximum atomic E-state index is 13.1. The van der Waals surface area contributed by atoms with E-state index in [4.69, 9.17) is 36.2 Å². The van der Waals surface area contributed by atoms with Gasteiger partial charge in [-0.05, 0) is 74.2 Å². The second kappa shape index (κ2) is 14.2. The third-order valence-electron chi connectivity index (χ3n) is 6.69. The van der Waals surface area contributed by atoms with Crippen molar-refractivity contribution in [2.24, 2.45) is 0 Å². The highest BCUT2D eigenvalue weighted by atomic mass is 35.5. The van der Waals surface area contributed by atoms with E-state index >= 15 is 0 Å². The summed E-state index contributed by atoms with van der Waals surface area (Å²) in [4.78, 5) is 37.7. The minimum atomic E-state index is -5.08. The van der Waals surface area contributed by atoms with Crippen LogP contribution in [0, 0.1) is 0 Å². The van der Waals surface area contributed by atoms with Gasteiger partial charge in [-0.25, -0.2) is 14.8 Å². The molecule has 44 heavy (non-hydrogen) atoms. The normalized spacial score (nSPS) is 16.3. The number of aromatic nitrogens is 3. The number of ether oxygens (including phenoxy) is 1. The number of benzene rings is 2. The number of hydrogen-bond acceptors (Lipinski definition) is 8. The predicted molar refractivity (Wildman–Crippen MR) is 160 cm³/mol. The summed E-state index contributed by atoms with van der Waals surface area (Å²) in [5.41, 5.74) is 1.32. The monoisotopic (exact) mass is 630 g/mol. The van der Waals surface area contributed by atoms with Gasteiger partial charge in [0.25, 0.3) is 5.91 Å². The largest absolute Gasteiger partial charge is 0.490 e. The number of para-hydroxylation sites is 1. The molecule has 5 rings (SSSR count). The number of nitrogens with one attached hydrogen (secondary N) is 2. The maximum absolute atomic E-state index is 13.1. The molecule has 1 aliphatic rings. The zero-order valence-electron chi connectivity index (χ0n) is 23.8. The van der Waals surface area contributed by atoms with Gasteiger partial charge in [0.15, 0.2) is 0 Å². The van der Waals surface area contributed by atoms with Crippen LogP contribution in [0.1, 0.15) is 36.0 Å². The first-order valence-corrected chi connectivity index (χ1v) is 14.0. The van der Waals surface area contributed by atoms with Gasteiger partial charge in [-0.2, -0.15) is 18.2 Å². The highest BCUT2D eigenvalue weighted by Crippen LogP contribution is 2.28. The molecule has 4 aromatic rings. The molecule has 0 unspecified atom stereocenters. The standard InChI is InChI=1S/C28H29ClN6O2.C2HF3O2/c1-35(2)25-22-6-3-4-8-24(22)33-28(34-25)32-20-13-11-19(12-14-20)31-26(36)23-7-5-17-30-27(23)37-21-15-9-18(29)10-16-21;3-2(4,5)1(6)7/h3-10,15-17,19-20H,11-14H2,1-2H3,(H,31,36)(H,32,33,34);(H,6,7)/t19-,20+;. The van der Waals surface area contributed by atoms with Crippen molar-refractivity contribution < 1.29 is 32.6 Å². The average molecular weight is 631 g/mol. The van der Waals surface area contributed by atoms with Gasteiger partial charge in [0.05, 0.1) is 5.52 Å². The summed E-state index contributed by atoms with van der Waals surface area (Å²) in [6, 6.07) is 18.8. The highest BCUT2D eigenvalue weighted by molar-refractivity contribution is 6.30. The van der Waals surface area contributed by atoms with Gasteiger partial charge in [-0.3, -0.25) is 4.79 Å². The van der Waals surface area contributed by atoms with E-state index in [0.717, 1.165) is 42.4 Å². The highest BCUT2D eigenvalue weighted by Gasteiger charge is 2.38. The Labute approximate surface area is 256 Å². The molecule has 3 N–H and O–H groups in total. The van der Waals surface area contributed by atoms with Crippen LogP contribution in [0.3, 0.4) is 0 Å². The number of nitrogens with zero attached hydrogens (tertiary/aromatic N) is 4. The van der Waals surface area contributed by atoms with Gasteiger partial charge in [-0.1, -0.05) is 23.7 Å². The molecular weight excluding hydrogens is 601 g/mol. The Kier molecular flexibility index (Phi) is 10.4. The van der Waals surface area contributed by atoms with Crippen LogP contribution in [0.15, 0.2) is 66.9 Å². The first kappa shape index (κ1) is 32.3. The fraction of sp³-hybridized carbons (Fsp3) is 0.300. The zero-order valence-corrected chi connectivity index (χ0v) is 24.6. The molecular formula is C30H30ClF3N6O4. The molecule has 1 saturated carbocycles. The first-order chi connectivity index (χ1) is 20.9. The fourth-order valence-electron chi connectivity index (χ4n) is 4.55. The summed E-state index contributed by atoms with van der Waals surface area (Å²) in [5, 5.41) is 15.4. The number of carboxylic acid groups (broad SMARTS) is 1. The minimum Gasteiger partial charge on any atom is -0.475 e. The number of pyridine rings is 1. The number of halogens is 4. The molecule has 0 atom stereocenters. The van der Waals surface area contributed by atoms with Gasteiger partial charge in [0, 0.05) is 42.8 Å². The Hall–Kier alpha value is -4.65. The molecule has 1 amide bonds. The second-order valence-electron chi connectivity index (χ2n) is 10.2. The van der Waals surface area contributed by atoms with E-state index in [2.05, 4.69) is 15.6 Å². The van der Waals surface area contributed by atoms with Crippen LogP contribution in [0.2, 0.25) is 5.02 Å². The molecule has 10 nitrogen and oxygen atoms in total. The van der Waals surface area contributed by atoms with Gasteiger partial charge in [0.2, 0.25) is 11.8 Å². The van der Waals surface area contributed by atoms with Crippen LogP contribution < -0.4 is 20.3 Å². The van der Waals surface area contributed by atoms with E-state index in [1.165, 1.54) is 0 Å². The van der Waals surface area contributed by atoms with E-state index in [1.807, 2.05) is 43.3 Å². The number of rotatable bonds is 7. The van der Waals surface area contributed by atoms with Crippen molar-refractivity contribution in [1.29, 1.82) is 0 Å². The Balaban J connectivity index is 0.000000566. The van der Waals surface area contributed by atoms with E-state index < -0.39 is 12.1 Å². The van der Waals surface area contributed by atoms with Crippen molar-refractivity contribution in [2.45, 2.75) is 43.9 Å². The van der Waals surface area contributed by atoms with Gasteiger partial charge in [0.1, 0.15) is 17.1 Å². The molecule has 14 heteroatoms. The van der Waals surface area contributed by atoms with Gasteiger partial charge in [-0.15, -0.1) is 0 Å². The summed E-state index contributed by atoms with van der Waals surface area (Å²) in [7, 11) is 3.97. The van der Waals surface area contributed by atoms with Crippen LogP contribution in [0.5, 0.6) is 11.6 Å². The summed E-state index contributed by atoms with van der Waals surface area (Å²) in [6.45, 7) is 0. The number of fused-ring (bicyclic) bond motifs is 1. The van der Waals surface area contributed by atoms with E-state index in [9.17, 15) is 18.0 Å². The lowest BCUT2D eigenvalue weighted by Crippen LogP contribution is -2.40. The van der Waals surface area contributed by atoms with Crippen LogP contribution in [-0.4, -0.2) is 64.3 Å². The lowest BCUT2D eigenvalue weighted by Gasteiger charge is -2.30. The number of carboxylic acids is 1. The predicted octanol–water partition coefficient (Wildman–Crippen LogP) is 6.32. The van der Waals surface area contributed by atoms with E-state index in [-0.39, 0.29) is 23.9 Å². The maximum Gasteiger partial charge on any atom is 0.490 e. The molecule has 1 fully saturated rings. The molecule has 1 aliphatic carbocycles. The van der Waals surface area contributed by atoms with Crippen molar-refractivity contribution in [3.63, 3.8) is 0 Å². The molecule has 0 aliphatic heterocycles. The lowest BCUT2D eigenvalue weighted by atomic mass is 9.91. The van der Waals surface area contributed by atoms with E-state index in [1.54, 1.807) is 42.6 Å². The van der Waals surface area contributed by atoms with Crippen molar-refractivity contribution in [3.05, 3.63) is 77.4 Å². The van der Waals surface area contributed by atoms with E-state index in [0.29, 0.717) is 22.3 Å². The summed E-state index contributed by atoms with van der Waals surface area (Å²) < 4.78 is 37.6. The van der Waals surface area contributed by atoms with Crippen LogP contribution >= 0.6 is 11.6 Å². The summed E-state index contributed by atoms with van der Waals surface area (Å²) >= 11 is 5.95. The first-order valence-electron chi connectivity index (χ1n) is 13.6. The van der Waals surface area contributed by atoms with Crippen LogP contribution in [0.4, 0.5) is 24.9 Å². The third-order valence-corrected chi connectivity index (χ3v) is 6.94. The molecule has 0 saturated heterocycles. The molecule has 2 aromatic carbocycles. The Bertz CT molecular complexity index is 1600. The SMILES string of the molecule is CN(C)c1nc(N[C@H]2CC[C@@H](NC(=O)c3cccnc3Oc3ccc(Cl)cc3)CC2)nc2ccccc12.O=C(O)C(F)(F)F. The molecule has 2 heterocycles. The number of aliphatic carboxylic acids is 1. The number of alkyl halides is 3. The van der Waals surface area contributed by atoms with Crippen LogP contribution in [0.25, 0.3) is 10.9 Å². The Morgan fingerprint density at radius 3 is 2.23 bits per heavy atom. The number of carbonyl (C=O) groups is 2. The smallest absolute Gasteiger partial charge is 0.475 e. The van der Waals surface area contributed by atoms with Gasteiger partial charge < -0.3 is 25.4 Å². The Morgan fingerprint density at radius 1 is 0.955 bits per heavy atom. The molecule has 0 bridgehead atoms. The molecule has 0 spiro atoms. The zero-order chi connectivity index (χ0) is 31.9. The summed E-state index contributed by atoms with van der Waals surface area (Å²) in [5.74, 6) is -0.592. The fourth-order valence-corrected chi connectivity index (χ4v) is 4.68. The van der Waals surface area contributed by atoms with Crippen LogP contribution in [-0.2, 0) is 4.79 Å². The van der Waals surface area contributed by atoms with Crippen molar-refractivity contribution in [2.75, 3.05) is 24.3 Å². The number of amides is 1. The van der Waals surface area contributed by atoms with Crippen molar-refractivity contribution in [3.8, 4) is 11.6 Å². The third kappa shape index (κ3) is 8.69. The average Bonchev–Trinajstić information content (AvgIpc) is 2.99. The number of anilines is 2. The van der Waals surface area contributed by atoms with Crippen molar-refractivity contribution >= 4 is 46.1 Å². The molecule has 232 valence electrons. The number of hydrogen-bond donors (Lipinski definition) is 3.